The van der Waals surface area contributed by atoms with E-state index in [0.29, 0.717) is 6.54 Å². The maximum Gasteiger partial charge on any atom is 0.108 e. The first-order chi connectivity index (χ1) is 6.68. The molecular formula is C9H24N4O. The Morgan fingerprint density at radius 1 is 1.14 bits per heavy atom. The van der Waals surface area contributed by atoms with E-state index in [-0.39, 0.29) is 6.23 Å². The molecule has 0 aliphatic heterocycles. The number of hydrogen-bond donors (Lipinski definition) is 4. The number of nitrogens with two attached hydrogens (primary N) is 1. The fourth-order valence-electron chi connectivity index (χ4n) is 1.02. The van der Waals surface area contributed by atoms with E-state index in [1.54, 1.807) is 4.90 Å². The summed E-state index contributed by atoms with van der Waals surface area (Å²) >= 11 is 0. The van der Waals surface area contributed by atoms with E-state index in [2.05, 4.69) is 10.6 Å². The largest absolute Gasteiger partial charge is 0.378 e. The van der Waals surface area contributed by atoms with E-state index >= 15 is 0 Å². The average Bonchev–Trinajstić information content (AvgIpc) is 2.16. The Kier molecular flexibility index (Phi) is 9.23. The van der Waals surface area contributed by atoms with Gasteiger partial charge in [0.05, 0.1) is 0 Å². The van der Waals surface area contributed by atoms with Crippen LogP contribution in [0.3, 0.4) is 0 Å². The lowest BCUT2D eigenvalue weighted by atomic mass is 10.3. The number of nitrogens with one attached hydrogen (secondary N) is 2. The van der Waals surface area contributed by atoms with Gasteiger partial charge in [-0.05, 0) is 27.1 Å². The molecule has 0 aliphatic rings. The van der Waals surface area contributed by atoms with Gasteiger partial charge in [0.15, 0.2) is 0 Å². The molecule has 86 valence electrons. The normalized spacial score (nSPS) is 13.5. The van der Waals surface area contributed by atoms with Crippen LogP contribution in [0.25, 0.3) is 0 Å². The van der Waals surface area contributed by atoms with Gasteiger partial charge in [0.1, 0.15) is 6.23 Å². The summed E-state index contributed by atoms with van der Waals surface area (Å²) in [6, 6.07) is 0. The highest BCUT2D eigenvalue weighted by Gasteiger charge is 2.04. The van der Waals surface area contributed by atoms with Crippen LogP contribution in [0.2, 0.25) is 0 Å². The van der Waals surface area contributed by atoms with Gasteiger partial charge in [0.2, 0.25) is 0 Å². The van der Waals surface area contributed by atoms with Crippen LogP contribution in [-0.4, -0.2) is 63.1 Å². The fourth-order valence-corrected chi connectivity index (χ4v) is 1.02. The highest BCUT2D eigenvalue weighted by molar-refractivity contribution is 4.56. The van der Waals surface area contributed by atoms with E-state index < -0.39 is 0 Å². The first kappa shape index (κ1) is 13.8. The van der Waals surface area contributed by atoms with Crippen LogP contribution in [0.15, 0.2) is 0 Å². The second kappa shape index (κ2) is 9.36. The predicted molar refractivity (Wildman–Crippen MR) is 59.1 cm³/mol. The molecule has 1 atom stereocenters. The Balaban J connectivity index is 3.06. The Bertz CT molecular complexity index is 121. The molecular weight excluding hydrogens is 180 g/mol. The molecule has 0 rings (SSSR count). The van der Waals surface area contributed by atoms with E-state index in [1.165, 1.54) is 0 Å². The molecule has 0 radical (unpaired) electrons. The van der Waals surface area contributed by atoms with E-state index in [4.69, 9.17) is 5.73 Å². The van der Waals surface area contributed by atoms with Crippen LogP contribution in [0.4, 0.5) is 0 Å². The van der Waals surface area contributed by atoms with Crippen LogP contribution in [-0.2, 0) is 0 Å². The third kappa shape index (κ3) is 8.40. The summed E-state index contributed by atoms with van der Waals surface area (Å²) in [6.07, 6.45) is 0.406. The molecule has 1 unspecified atom stereocenters. The molecule has 0 amide bonds. The van der Waals surface area contributed by atoms with Crippen molar-refractivity contribution >= 4 is 0 Å². The van der Waals surface area contributed by atoms with Gasteiger partial charge in [-0.25, -0.2) is 0 Å². The Labute approximate surface area is 86.7 Å². The lowest BCUT2D eigenvalue weighted by Gasteiger charge is -2.18. The van der Waals surface area contributed by atoms with Crippen molar-refractivity contribution in [2.45, 2.75) is 12.6 Å². The van der Waals surface area contributed by atoms with Gasteiger partial charge in [-0.15, -0.1) is 0 Å². The summed E-state index contributed by atoms with van der Waals surface area (Å²) in [5.41, 5.74) is 5.32. The lowest BCUT2D eigenvalue weighted by molar-refractivity contribution is 0.0338. The first-order valence-electron chi connectivity index (χ1n) is 5.14. The second-order valence-corrected chi connectivity index (χ2v) is 3.52. The van der Waals surface area contributed by atoms with Crippen molar-refractivity contribution in [2.75, 3.05) is 46.8 Å². The minimum absolute atomic E-state index is 0.348. The molecule has 0 aromatic heterocycles. The predicted octanol–water partition coefficient (Wildman–Crippen LogP) is -1.61. The van der Waals surface area contributed by atoms with Gasteiger partial charge >= 0.3 is 0 Å². The maximum absolute atomic E-state index is 9.42. The molecule has 0 aliphatic carbocycles. The monoisotopic (exact) mass is 204 g/mol. The number of aliphatic hydroxyl groups is 1. The molecule has 0 fully saturated rings. The Morgan fingerprint density at radius 3 is 2.21 bits per heavy atom. The summed E-state index contributed by atoms with van der Waals surface area (Å²) in [7, 11) is 3.74. The third-order valence-electron chi connectivity index (χ3n) is 1.98. The van der Waals surface area contributed by atoms with E-state index in [1.807, 2.05) is 14.1 Å². The van der Waals surface area contributed by atoms with Gasteiger partial charge in [-0.3, -0.25) is 4.90 Å². The van der Waals surface area contributed by atoms with Gasteiger partial charge < -0.3 is 21.5 Å². The van der Waals surface area contributed by atoms with Crippen molar-refractivity contribution < 1.29 is 5.11 Å². The number of hydrogen-bond acceptors (Lipinski definition) is 5. The minimum Gasteiger partial charge on any atom is -0.378 e. The van der Waals surface area contributed by atoms with Crippen molar-refractivity contribution in [1.29, 1.82) is 0 Å². The summed E-state index contributed by atoms with van der Waals surface area (Å²) in [6.45, 7) is 4.22. The highest BCUT2D eigenvalue weighted by Crippen LogP contribution is 1.91. The number of nitrogens with zero attached hydrogens (tertiary/aromatic N) is 1. The van der Waals surface area contributed by atoms with Crippen LogP contribution >= 0.6 is 0 Å². The topological polar surface area (TPSA) is 73.5 Å². The third-order valence-corrected chi connectivity index (χ3v) is 1.98. The van der Waals surface area contributed by atoms with Gasteiger partial charge in [-0.1, -0.05) is 0 Å². The molecule has 0 saturated carbocycles. The number of aliphatic hydroxyl groups excluding tert-OH is 1. The van der Waals surface area contributed by atoms with Crippen molar-refractivity contribution in [3.8, 4) is 0 Å². The van der Waals surface area contributed by atoms with Crippen molar-refractivity contribution in [1.82, 2.24) is 15.5 Å². The smallest absolute Gasteiger partial charge is 0.108 e. The molecule has 5 N–H and O–H groups in total. The SMILES string of the molecule is CN(C)C(O)CCNCCNCCN. The molecule has 5 nitrogen and oxygen atoms in total. The maximum atomic E-state index is 9.42. The standard InChI is InChI=1S/C9H24N4O/c1-13(2)9(14)3-5-11-7-8-12-6-4-10/h9,11-12,14H,3-8,10H2,1-2H3. The highest BCUT2D eigenvalue weighted by atomic mass is 16.3. The Morgan fingerprint density at radius 2 is 1.71 bits per heavy atom. The second-order valence-electron chi connectivity index (χ2n) is 3.52. The van der Waals surface area contributed by atoms with Crippen LogP contribution < -0.4 is 16.4 Å². The van der Waals surface area contributed by atoms with Gasteiger partial charge in [-0.2, -0.15) is 0 Å². The summed E-state index contributed by atoms with van der Waals surface area (Å²) in [4.78, 5) is 1.80. The molecule has 5 heteroatoms. The molecule has 0 bridgehead atoms. The van der Waals surface area contributed by atoms with E-state index in [0.717, 1.165) is 32.6 Å². The molecule has 0 aromatic rings. The Hall–Kier alpha value is -0.200. The zero-order chi connectivity index (χ0) is 10.8. The molecule has 0 spiro atoms. The zero-order valence-electron chi connectivity index (χ0n) is 9.29. The average molecular weight is 204 g/mol. The summed E-state index contributed by atoms with van der Waals surface area (Å²) in [5, 5.41) is 15.8. The lowest BCUT2D eigenvalue weighted by Crippen LogP contribution is -2.34. The van der Waals surface area contributed by atoms with Crippen molar-refractivity contribution in [3.63, 3.8) is 0 Å². The first-order valence-corrected chi connectivity index (χ1v) is 5.14. The number of rotatable bonds is 9. The van der Waals surface area contributed by atoms with Gasteiger partial charge in [0, 0.05) is 26.2 Å². The van der Waals surface area contributed by atoms with Crippen molar-refractivity contribution in [3.05, 3.63) is 0 Å². The molecule has 0 aromatic carbocycles. The molecule has 14 heavy (non-hydrogen) atoms. The molecule has 0 heterocycles. The van der Waals surface area contributed by atoms with Crippen molar-refractivity contribution in [2.24, 2.45) is 5.73 Å². The quantitative estimate of drug-likeness (QED) is 0.269. The van der Waals surface area contributed by atoms with E-state index in [9.17, 15) is 5.11 Å². The summed E-state index contributed by atoms with van der Waals surface area (Å²) in [5.74, 6) is 0. The minimum atomic E-state index is -0.348. The zero-order valence-corrected chi connectivity index (χ0v) is 9.29. The summed E-state index contributed by atoms with van der Waals surface area (Å²) < 4.78 is 0. The van der Waals surface area contributed by atoms with Crippen LogP contribution in [0.1, 0.15) is 6.42 Å². The van der Waals surface area contributed by atoms with Crippen LogP contribution in [0, 0.1) is 0 Å². The van der Waals surface area contributed by atoms with Gasteiger partial charge in [0.25, 0.3) is 0 Å². The fraction of sp³-hybridized carbons (Fsp3) is 1.00. The van der Waals surface area contributed by atoms with Crippen LogP contribution in [0.5, 0.6) is 0 Å². The molecule has 0 saturated heterocycles.